The molecule has 0 radical (unpaired) electrons. The lowest BCUT2D eigenvalue weighted by Crippen LogP contribution is -2.12. The number of benzene rings is 1. The van der Waals surface area contributed by atoms with Crippen LogP contribution in [-0.2, 0) is 26.9 Å². The van der Waals surface area contributed by atoms with Crippen molar-refractivity contribution in [2.45, 2.75) is 31.3 Å². The molecule has 0 aliphatic carbocycles. The Kier molecular flexibility index (Phi) is 6.26. The highest BCUT2D eigenvalue weighted by Crippen LogP contribution is 2.34. The second-order valence-corrected chi connectivity index (χ2v) is 5.45. The van der Waals surface area contributed by atoms with Crippen LogP contribution < -0.4 is 0 Å². The second kappa shape index (κ2) is 7.49. The zero-order valence-electron chi connectivity index (χ0n) is 11.6. The fourth-order valence-corrected chi connectivity index (χ4v) is 2.39. The molecule has 116 valence electrons. The first-order valence-electron chi connectivity index (χ1n) is 6.16. The first kappa shape index (κ1) is 17.6. The topological polar surface area (TPSA) is 43.4 Å². The maximum Gasteiger partial charge on any atom is 0.416 e. The SMILES string of the molecule is CC(=O)CSc1ccc(C(F)(F)F)c(CCOC(C)=O)c1. The average Bonchev–Trinajstić information content (AvgIpc) is 2.34. The Morgan fingerprint density at radius 1 is 1.24 bits per heavy atom. The fourth-order valence-electron chi connectivity index (χ4n) is 1.63. The summed E-state index contributed by atoms with van der Waals surface area (Å²) in [5.41, 5.74) is -0.695. The van der Waals surface area contributed by atoms with Crippen molar-refractivity contribution in [2.75, 3.05) is 12.4 Å². The van der Waals surface area contributed by atoms with E-state index in [4.69, 9.17) is 0 Å². The molecule has 0 heterocycles. The van der Waals surface area contributed by atoms with Gasteiger partial charge in [-0.15, -0.1) is 11.8 Å². The minimum atomic E-state index is -4.46. The summed E-state index contributed by atoms with van der Waals surface area (Å²) in [6, 6.07) is 3.72. The van der Waals surface area contributed by atoms with Gasteiger partial charge in [0.05, 0.1) is 17.9 Å². The summed E-state index contributed by atoms with van der Waals surface area (Å²) in [6.07, 6.45) is -4.49. The highest BCUT2D eigenvalue weighted by Gasteiger charge is 2.33. The molecule has 0 N–H and O–H groups in total. The molecule has 0 saturated heterocycles. The molecule has 21 heavy (non-hydrogen) atoms. The van der Waals surface area contributed by atoms with Crippen molar-refractivity contribution in [3.63, 3.8) is 0 Å². The molecular weight excluding hydrogens is 305 g/mol. The minimum Gasteiger partial charge on any atom is -0.466 e. The number of Topliss-reactive ketones (excluding diaryl/α,β-unsaturated/α-hetero) is 1. The number of rotatable bonds is 6. The van der Waals surface area contributed by atoms with E-state index < -0.39 is 17.7 Å². The van der Waals surface area contributed by atoms with Crippen molar-refractivity contribution in [1.29, 1.82) is 0 Å². The summed E-state index contributed by atoms with van der Waals surface area (Å²) in [5, 5.41) is 0. The molecule has 1 aromatic carbocycles. The van der Waals surface area contributed by atoms with Crippen LogP contribution in [0.4, 0.5) is 13.2 Å². The number of hydrogen-bond acceptors (Lipinski definition) is 4. The highest BCUT2D eigenvalue weighted by molar-refractivity contribution is 8.00. The molecule has 0 aliphatic heterocycles. The zero-order valence-corrected chi connectivity index (χ0v) is 12.4. The van der Waals surface area contributed by atoms with Crippen molar-refractivity contribution >= 4 is 23.5 Å². The van der Waals surface area contributed by atoms with Gasteiger partial charge >= 0.3 is 12.1 Å². The van der Waals surface area contributed by atoms with Gasteiger partial charge in [-0.3, -0.25) is 9.59 Å². The summed E-state index contributed by atoms with van der Waals surface area (Å²) >= 11 is 1.18. The molecule has 0 saturated carbocycles. The number of hydrogen-bond donors (Lipinski definition) is 0. The smallest absolute Gasteiger partial charge is 0.416 e. The Hall–Kier alpha value is -1.50. The first-order valence-corrected chi connectivity index (χ1v) is 7.14. The van der Waals surface area contributed by atoms with Crippen LogP contribution in [-0.4, -0.2) is 24.1 Å². The lowest BCUT2D eigenvalue weighted by molar-refractivity contribution is -0.141. The predicted molar refractivity (Wildman–Crippen MR) is 73.2 cm³/mol. The third-order valence-electron chi connectivity index (χ3n) is 2.50. The number of alkyl halides is 3. The van der Waals surface area contributed by atoms with Crippen molar-refractivity contribution in [2.24, 2.45) is 0 Å². The summed E-state index contributed by atoms with van der Waals surface area (Å²) in [7, 11) is 0. The maximum atomic E-state index is 12.9. The molecular formula is C14H15F3O3S. The van der Waals surface area contributed by atoms with Crippen LogP contribution in [0.3, 0.4) is 0 Å². The molecule has 0 aromatic heterocycles. The molecule has 0 fully saturated rings. The summed E-state index contributed by atoms with van der Waals surface area (Å²) < 4.78 is 43.4. The van der Waals surface area contributed by atoms with Crippen LogP contribution in [0.5, 0.6) is 0 Å². The molecule has 0 spiro atoms. The van der Waals surface area contributed by atoms with Gasteiger partial charge in [-0.05, 0) is 30.7 Å². The van der Waals surface area contributed by atoms with E-state index in [1.807, 2.05) is 0 Å². The Morgan fingerprint density at radius 2 is 1.90 bits per heavy atom. The molecule has 0 atom stereocenters. The van der Waals surface area contributed by atoms with Crippen LogP contribution in [0, 0.1) is 0 Å². The minimum absolute atomic E-state index is 0.0249. The van der Waals surface area contributed by atoms with Crippen LogP contribution in [0.15, 0.2) is 23.1 Å². The highest BCUT2D eigenvalue weighted by atomic mass is 32.2. The number of carbonyl (C=O) groups excluding carboxylic acids is 2. The number of ketones is 1. The zero-order chi connectivity index (χ0) is 16.0. The largest absolute Gasteiger partial charge is 0.466 e. The van der Waals surface area contributed by atoms with Crippen LogP contribution in [0.2, 0.25) is 0 Å². The molecule has 1 rings (SSSR count). The Balaban J connectivity index is 2.93. The third kappa shape index (κ3) is 6.20. The van der Waals surface area contributed by atoms with Crippen LogP contribution >= 0.6 is 11.8 Å². The fraction of sp³-hybridized carbons (Fsp3) is 0.429. The number of carbonyl (C=O) groups is 2. The van der Waals surface area contributed by atoms with Gasteiger partial charge in [0, 0.05) is 18.2 Å². The van der Waals surface area contributed by atoms with Gasteiger partial charge < -0.3 is 4.74 Å². The van der Waals surface area contributed by atoms with Crippen molar-refractivity contribution in [3.05, 3.63) is 29.3 Å². The normalized spacial score (nSPS) is 11.3. The van der Waals surface area contributed by atoms with E-state index in [0.717, 1.165) is 6.07 Å². The number of halogens is 3. The molecule has 0 aliphatic rings. The standard InChI is InChI=1S/C14H15F3O3S/c1-9(18)8-21-12-3-4-13(14(15,16)17)11(7-12)5-6-20-10(2)19/h3-4,7H,5-6,8H2,1-2H3. The van der Waals surface area contributed by atoms with Gasteiger partial charge in [-0.25, -0.2) is 0 Å². The summed E-state index contributed by atoms with van der Waals surface area (Å²) in [6.45, 7) is 2.50. The van der Waals surface area contributed by atoms with Crippen LogP contribution in [0.25, 0.3) is 0 Å². The van der Waals surface area contributed by atoms with Gasteiger partial charge in [0.1, 0.15) is 5.78 Å². The van der Waals surface area contributed by atoms with Gasteiger partial charge in [-0.2, -0.15) is 13.2 Å². The van der Waals surface area contributed by atoms with E-state index in [2.05, 4.69) is 4.74 Å². The van der Waals surface area contributed by atoms with Gasteiger partial charge in [0.15, 0.2) is 0 Å². The second-order valence-electron chi connectivity index (χ2n) is 4.40. The van der Waals surface area contributed by atoms with Crippen LogP contribution in [0.1, 0.15) is 25.0 Å². The number of esters is 1. The molecule has 7 heteroatoms. The number of ether oxygens (including phenoxy) is 1. The first-order chi connectivity index (χ1) is 9.70. The predicted octanol–water partition coefficient (Wildman–Crippen LogP) is 3.49. The molecule has 0 unspecified atom stereocenters. The van der Waals surface area contributed by atoms with Crippen molar-refractivity contribution in [1.82, 2.24) is 0 Å². The van der Waals surface area contributed by atoms with Gasteiger partial charge in [-0.1, -0.05) is 0 Å². The number of thioether (sulfide) groups is 1. The van der Waals surface area contributed by atoms with E-state index in [0.29, 0.717) is 4.90 Å². The Labute approximate surface area is 124 Å². The Morgan fingerprint density at radius 3 is 2.43 bits per heavy atom. The van der Waals surface area contributed by atoms with E-state index in [9.17, 15) is 22.8 Å². The monoisotopic (exact) mass is 320 g/mol. The van der Waals surface area contributed by atoms with E-state index >= 15 is 0 Å². The van der Waals surface area contributed by atoms with Crippen molar-refractivity contribution in [3.8, 4) is 0 Å². The third-order valence-corrected chi connectivity index (χ3v) is 3.64. The van der Waals surface area contributed by atoms with E-state index in [1.165, 1.54) is 37.7 Å². The van der Waals surface area contributed by atoms with Gasteiger partial charge in [0.2, 0.25) is 0 Å². The Bertz CT molecular complexity index is 527. The maximum absolute atomic E-state index is 12.9. The summed E-state index contributed by atoms with van der Waals surface area (Å²) in [5.74, 6) is -0.388. The quantitative estimate of drug-likeness (QED) is 0.594. The lowest BCUT2D eigenvalue weighted by Gasteiger charge is -2.14. The summed E-state index contributed by atoms with van der Waals surface area (Å²) in [4.78, 5) is 22.2. The van der Waals surface area contributed by atoms with Crippen molar-refractivity contribution < 1.29 is 27.5 Å². The van der Waals surface area contributed by atoms with E-state index in [-0.39, 0.29) is 30.1 Å². The van der Waals surface area contributed by atoms with Gasteiger partial charge in [0.25, 0.3) is 0 Å². The molecule has 0 bridgehead atoms. The average molecular weight is 320 g/mol. The molecule has 3 nitrogen and oxygen atoms in total. The lowest BCUT2D eigenvalue weighted by atomic mass is 10.0. The molecule has 0 amide bonds. The van der Waals surface area contributed by atoms with E-state index in [1.54, 1.807) is 0 Å². The molecule has 1 aromatic rings.